The molecule has 0 saturated heterocycles. The Bertz CT molecular complexity index is 2830. The summed E-state index contributed by atoms with van der Waals surface area (Å²) in [6.07, 6.45) is 4.43. The van der Waals surface area contributed by atoms with Gasteiger partial charge in [-0.05, 0) is 56.7 Å². The van der Waals surface area contributed by atoms with Crippen LogP contribution in [-0.4, -0.2) is 21.3 Å². The summed E-state index contributed by atoms with van der Waals surface area (Å²) in [5.74, 6) is 0. The van der Waals surface area contributed by atoms with Crippen molar-refractivity contribution in [3.63, 3.8) is 0 Å². The number of rotatable bonds is 7. The minimum Gasteiger partial charge on any atom is -0.657 e. The molecule has 55 heavy (non-hydrogen) atoms. The topological polar surface area (TPSA) is 126 Å². The number of nitrogens with one attached hydrogen (secondary N) is 1. The first-order valence-electron chi connectivity index (χ1n) is 17.3. The number of hydrogen-bond donors (Lipinski definition) is 1. The van der Waals surface area contributed by atoms with Crippen molar-refractivity contribution in [2.75, 3.05) is 0 Å². The summed E-state index contributed by atoms with van der Waals surface area (Å²) in [7, 11) is 0. The molecule has 0 fully saturated rings. The van der Waals surface area contributed by atoms with Crippen LogP contribution in [0.2, 0.25) is 0 Å². The molecule has 1 radical (unpaired) electrons. The van der Waals surface area contributed by atoms with Crippen molar-refractivity contribution < 1.29 is 26.8 Å². The largest absolute Gasteiger partial charge is 2.00 e. The van der Waals surface area contributed by atoms with Crippen LogP contribution in [-0.2, 0) is 21.9 Å². The first-order valence-corrected chi connectivity index (χ1v) is 17.3. The maximum Gasteiger partial charge on any atom is 2.00 e. The zero-order chi connectivity index (χ0) is 36.6. The molecule has 0 atom stereocenters. The van der Waals surface area contributed by atoms with Gasteiger partial charge in [-0.2, -0.15) is 0 Å². The van der Waals surface area contributed by atoms with Gasteiger partial charge in [0.15, 0.2) is 5.69 Å². The number of carbonyl (C=O) groups excluding carboxylic acids is 1. The molecular weight excluding hydrogens is 736 g/mol. The summed E-state index contributed by atoms with van der Waals surface area (Å²) in [6.45, 7) is 0. The van der Waals surface area contributed by atoms with E-state index in [1.165, 1.54) is 0 Å². The quantitative estimate of drug-likeness (QED) is 0.0742. The minimum atomic E-state index is -0.497. The Hall–Kier alpha value is -7.13. The number of aromatic nitrogens is 4. The summed E-state index contributed by atoms with van der Waals surface area (Å²) < 4.78 is 0. The van der Waals surface area contributed by atoms with Crippen LogP contribution in [0, 0.1) is 10.1 Å². The molecule has 267 valence electrons. The van der Waals surface area contributed by atoms with Crippen LogP contribution < -0.4 is 15.3 Å². The molecular formula is C45H28CuN6O3. The van der Waals surface area contributed by atoms with E-state index in [1.54, 1.807) is 0 Å². The van der Waals surface area contributed by atoms with Crippen molar-refractivity contribution in [1.82, 2.24) is 25.3 Å². The Labute approximate surface area is 325 Å². The molecule has 0 aliphatic carbocycles. The predicted molar refractivity (Wildman–Crippen MR) is 213 cm³/mol. The molecule has 4 aromatic carbocycles. The third-order valence-electron chi connectivity index (χ3n) is 9.49. The number of nitro groups is 1. The van der Waals surface area contributed by atoms with Crippen LogP contribution in [0.1, 0.15) is 22.8 Å². The zero-order valence-electron chi connectivity index (χ0n) is 28.9. The molecule has 1 N–H and O–H groups in total. The smallest absolute Gasteiger partial charge is 0.657 e. The SMILES string of the molecule is O=CNC1=C([N+](=O)[O-])c2nc1c(-c1ccccc1)c1ccc([n-]1)c(-c1ccccc1)c1nc(c(-c3ccccc3)c3ccc([n-]3)c2-c2ccccc2)C=C1.[Cu+2]. The second-order valence-corrected chi connectivity index (χ2v) is 12.7. The van der Waals surface area contributed by atoms with E-state index in [2.05, 4.69) is 5.32 Å². The van der Waals surface area contributed by atoms with Gasteiger partial charge in [-0.1, -0.05) is 146 Å². The Morgan fingerprint density at radius 1 is 0.509 bits per heavy atom. The first-order chi connectivity index (χ1) is 26.6. The van der Waals surface area contributed by atoms with Crippen LogP contribution in [0.5, 0.6) is 0 Å². The molecule has 0 unspecified atom stereocenters. The number of fused-ring (bicyclic) bond motifs is 8. The fourth-order valence-corrected chi connectivity index (χ4v) is 7.19. The molecule has 0 saturated carbocycles. The van der Waals surface area contributed by atoms with E-state index in [4.69, 9.17) is 19.9 Å². The summed E-state index contributed by atoms with van der Waals surface area (Å²) in [5.41, 5.74) is 9.34. The number of carbonyl (C=O) groups is 1. The monoisotopic (exact) mass is 763 g/mol. The number of nitrogens with zero attached hydrogens (tertiary/aromatic N) is 5. The van der Waals surface area contributed by atoms with Crippen molar-refractivity contribution >= 4 is 52.0 Å². The molecule has 8 bridgehead atoms. The average molecular weight is 764 g/mol. The molecule has 5 heterocycles. The van der Waals surface area contributed by atoms with Crippen molar-refractivity contribution in [3.05, 3.63) is 178 Å². The Kier molecular flexibility index (Phi) is 9.34. The Balaban J connectivity index is 0.00000427. The minimum absolute atomic E-state index is 0. The van der Waals surface area contributed by atoms with E-state index < -0.39 is 4.92 Å². The van der Waals surface area contributed by atoms with Crippen molar-refractivity contribution in [2.24, 2.45) is 0 Å². The third-order valence-corrected chi connectivity index (χ3v) is 9.49. The molecule has 7 aromatic rings. The van der Waals surface area contributed by atoms with Crippen LogP contribution >= 0.6 is 0 Å². The number of amides is 1. The van der Waals surface area contributed by atoms with E-state index in [1.807, 2.05) is 158 Å². The van der Waals surface area contributed by atoms with Gasteiger partial charge in [-0.3, -0.25) is 14.9 Å². The Morgan fingerprint density at radius 2 is 0.873 bits per heavy atom. The molecule has 3 aromatic heterocycles. The molecule has 1 amide bonds. The number of benzene rings is 4. The second-order valence-electron chi connectivity index (χ2n) is 12.7. The molecule has 0 spiro atoms. The van der Waals surface area contributed by atoms with Crippen LogP contribution in [0.25, 0.3) is 90.1 Å². The van der Waals surface area contributed by atoms with Crippen LogP contribution in [0.4, 0.5) is 0 Å². The van der Waals surface area contributed by atoms with Gasteiger partial charge in [0.25, 0.3) is 0 Å². The van der Waals surface area contributed by atoms with Crippen molar-refractivity contribution in [1.29, 1.82) is 0 Å². The van der Waals surface area contributed by atoms with Gasteiger partial charge < -0.3 is 15.3 Å². The predicted octanol–water partition coefficient (Wildman–Crippen LogP) is 9.26. The summed E-state index contributed by atoms with van der Waals surface area (Å²) in [6, 6.07) is 46.2. The standard InChI is InChI=1S/C45H29N6O3.Cu/c52-27-46-44-42-40(30-17-9-3-10-18-30)36-25-23-34(48-36)38(28-13-5-1-6-14-28)32-21-22-33(47-32)39(29-15-7-2-8-16-29)35-24-26-37(49-35)41(31-19-11-4-12-20-31)43(50-42)45(44)51(53)54;/h1-27H,(H2-,46,47,48,49,50,52);/q-1;+2/p-1. The molecule has 10 heteroatoms. The molecule has 2 aliphatic rings. The van der Waals surface area contributed by atoms with Crippen molar-refractivity contribution in [2.45, 2.75) is 0 Å². The van der Waals surface area contributed by atoms with E-state index in [0.717, 1.165) is 27.9 Å². The molecule has 9 nitrogen and oxygen atoms in total. The first kappa shape index (κ1) is 34.9. The second kappa shape index (κ2) is 14.7. The van der Waals surface area contributed by atoms with E-state index in [0.29, 0.717) is 56.4 Å². The summed E-state index contributed by atoms with van der Waals surface area (Å²) in [4.78, 5) is 45.7. The van der Waals surface area contributed by atoms with Gasteiger partial charge in [0.05, 0.1) is 16.3 Å². The molecule has 9 rings (SSSR count). The van der Waals surface area contributed by atoms with Gasteiger partial charge in [-0.25, -0.2) is 9.97 Å². The molecule has 2 aliphatic heterocycles. The fourth-order valence-electron chi connectivity index (χ4n) is 7.19. The summed E-state index contributed by atoms with van der Waals surface area (Å²) in [5, 5.41) is 15.9. The van der Waals surface area contributed by atoms with Gasteiger partial charge in [0, 0.05) is 0 Å². The van der Waals surface area contributed by atoms with Crippen molar-refractivity contribution in [3.8, 4) is 44.5 Å². The van der Waals surface area contributed by atoms with Crippen LogP contribution in [0.3, 0.4) is 0 Å². The number of hydrogen-bond acceptors (Lipinski definition) is 5. The maximum absolute atomic E-state index is 13.2. The maximum atomic E-state index is 13.2. The van der Waals surface area contributed by atoms with Gasteiger partial charge in [-0.15, -0.1) is 22.1 Å². The van der Waals surface area contributed by atoms with E-state index in [9.17, 15) is 14.9 Å². The Morgan fingerprint density at radius 3 is 1.25 bits per heavy atom. The van der Waals surface area contributed by atoms with Gasteiger partial charge in [0.1, 0.15) is 11.4 Å². The zero-order valence-corrected chi connectivity index (χ0v) is 29.8. The van der Waals surface area contributed by atoms with Gasteiger partial charge >= 0.3 is 22.8 Å². The van der Waals surface area contributed by atoms with Gasteiger partial charge in [0.2, 0.25) is 6.41 Å². The van der Waals surface area contributed by atoms with E-state index in [-0.39, 0.29) is 39.9 Å². The van der Waals surface area contributed by atoms with Crippen LogP contribution in [0.15, 0.2) is 146 Å². The fraction of sp³-hybridized carbons (Fsp3) is 0. The normalized spacial score (nSPS) is 11.9. The van der Waals surface area contributed by atoms with E-state index >= 15 is 0 Å². The third kappa shape index (κ3) is 6.25. The average Bonchev–Trinajstić information content (AvgIpc) is 4.04. The summed E-state index contributed by atoms with van der Waals surface area (Å²) >= 11 is 0.